The number of aromatic nitrogens is 4. The molecule has 2 saturated heterocycles. The molecule has 5 heterocycles. The molecule has 5 rings (SSSR count). The van der Waals surface area contributed by atoms with E-state index in [2.05, 4.69) is 20.1 Å². The summed E-state index contributed by atoms with van der Waals surface area (Å²) >= 11 is 5.88. The zero-order chi connectivity index (χ0) is 20.7. The van der Waals surface area contributed by atoms with Crippen molar-refractivity contribution in [2.24, 2.45) is 0 Å². The minimum Gasteiger partial charge on any atom is -0.371 e. The second-order valence-electron chi connectivity index (χ2n) is 7.99. The topological polar surface area (TPSA) is 86.3 Å². The van der Waals surface area contributed by atoms with E-state index in [1.54, 1.807) is 24.5 Å². The Morgan fingerprint density at radius 3 is 2.80 bits per heavy atom. The molecule has 0 aromatic carbocycles. The summed E-state index contributed by atoms with van der Waals surface area (Å²) in [6.45, 7) is 4.54. The number of hydrogen-bond acceptors (Lipinski definition) is 7. The van der Waals surface area contributed by atoms with E-state index in [4.69, 9.17) is 20.9 Å². The van der Waals surface area contributed by atoms with E-state index in [0.717, 1.165) is 49.4 Å². The van der Waals surface area contributed by atoms with Crippen molar-refractivity contribution < 1.29 is 9.26 Å². The smallest absolute Gasteiger partial charge is 0.269 e. The highest BCUT2D eigenvalue weighted by Gasteiger charge is 2.45. The number of rotatable bonds is 4. The van der Waals surface area contributed by atoms with Crippen LogP contribution in [0.5, 0.6) is 0 Å². The molecule has 30 heavy (non-hydrogen) atoms. The van der Waals surface area contributed by atoms with E-state index in [9.17, 15) is 4.79 Å². The summed E-state index contributed by atoms with van der Waals surface area (Å²) in [5.74, 6) is 0.636. The summed E-state index contributed by atoms with van der Waals surface area (Å²) < 4.78 is 12.8. The van der Waals surface area contributed by atoms with Crippen LogP contribution in [0.15, 0.2) is 39.9 Å². The van der Waals surface area contributed by atoms with Gasteiger partial charge >= 0.3 is 0 Å². The Kier molecular flexibility index (Phi) is 4.83. The summed E-state index contributed by atoms with van der Waals surface area (Å²) in [4.78, 5) is 19.0. The Morgan fingerprint density at radius 2 is 2.10 bits per heavy atom. The number of aryl methyl sites for hydroxylation is 1. The van der Waals surface area contributed by atoms with Gasteiger partial charge in [-0.05, 0) is 38.3 Å². The fourth-order valence-electron chi connectivity index (χ4n) is 4.18. The largest absolute Gasteiger partial charge is 0.371 e. The summed E-state index contributed by atoms with van der Waals surface area (Å²) in [5, 5.41) is 8.93. The van der Waals surface area contributed by atoms with Crippen LogP contribution in [0.4, 0.5) is 5.69 Å². The monoisotopic (exact) mass is 427 g/mol. The van der Waals surface area contributed by atoms with Gasteiger partial charge in [-0.1, -0.05) is 16.8 Å². The molecule has 2 aliphatic heterocycles. The molecule has 0 aliphatic carbocycles. The van der Waals surface area contributed by atoms with Gasteiger partial charge in [-0.3, -0.25) is 4.79 Å². The number of nitrogens with zero attached hydrogens (tertiary/aromatic N) is 5. The van der Waals surface area contributed by atoms with Gasteiger partial charge in [0, 0.05) is 43.1 Å². The molecule has 0 amide bonds. The number of anilines is 1. The third-order valence-corrected chi connectivity index (χ3v) is 6.13. The Morgan fingerprint density at radius 1 is 1.23 bits per heavy atom. The zero-order valence-corrected chi connectivity index (χ0v) is 17.4. The van der Waals surface area contributed by atoms with E-state index in [0.29, 0.717) is 16.6 Å². The van der Waals surface area contributed by atoms with Crippen LogP contribution in [0.2, 0.25) is 5.15 Å². The molecule has 1 spiro atoms. The third kappa shape index (κ3) is 3.50. The van der Waals surface area contributed by atoms with Crippen LogP contribution in [-0.2, 0) is 11.3 Å². The van der Waals surface area contributed by atoms with E-state index in [-0.39, 0.29) is 17.7 Å². The second kappa shape index (κ2) is 7.52. The highest BCUT2D eigenvalue weighted by molar-refractivity contribution is 6.29. The molecule has 0 radical (unpaired) electrons. The normalized spacial score (nSPS) is 17.9. The first-order chi connectivity index (χ1) is 14.5. The van der Waals surface area contributed by atoms with Gasteiger partial charge in [0.15, 0.2) is 0 Å². The van der Waals surface area contributed by atoms with Crippen LogP contribution < -0.4 is 10.5 Å². The Labute approximate surface area is 178 Å². The molecule has 0 bridgehead atoms. The van der Waals surface area contributed by atoms with Crippen molar-refractivity contribution >= 4 is 17.3 Å². The van der Waals surface area contributed by atoms with Crippen molar-refractivity contribution in [3.8, 4) is 11.3 Å². The molecule has 0 N–H and O–H groups in total. The maximum atomic E-state index is 12.7. The number of hydrogen-bond donors (Lipinski definition) is 0. The highest BCUT2D eigenvalue weighted by Crippen LogP contribution is 2.36. The molecule has 9 heteroatoms. The molecule has 3 aromatic rings. The predicted octanol–water partition coefficient (Wildman–Crippen LogP) is 3.06. The Bertz CT molecular complexity index is 1110. The van der Waals surface area contributed by atoms with Crippen LogP contribution in [0, 0.1) is 6.92 Å². The molecular formula is C21H22ClN5O3. The number of pyridine rings is 1. The Hall–Kier alpha value is -2.71. The van der Waals surface area contributed by atoms with Gasteiger partial charge in [-0.25, -0.2) is 9.67 Å². The predicted molar refractivity (Wildman–Crippen MR) is 112 cm³/mol. The summed E-state index contributed by atoms with van der Waals surface area (Å²) in [6.07, 6.45) is 6.80. The molecule has 0 atom stereocenters. The lowest BCUT2D eigenvalue weighted by Crippen LogP contribution is -2.64. The standard InChI is InChI=1S/C21H22ClN5O3/c1-14-17(20(25-30-14)15-4-5-18(22)23-9-15)11-27-19(28)8-16(10-24-27)26-12-21(13-26)6-2-3-7-29-21/h4-5,8-10H,2-3,6-7,11-13H2,1H3. The van der Waals surface area contributed by atoms with Crippen molar-refractivity contribution in [1.29, 1.82) is 0 Å². The summed E-state index contributed by atoms with van der Waals surface area (Å²) in [5.41, 5.74) is 2.83. The fourth-order valence-corrected chi connectivity index (χ4v) is 4.29. The van der Waals surface area contributed by atoms with Gasteiger partial charge < -0.3 is 14.2 Å². The van der Waals surface area contributed by atoms with E-state index >= 15 is 0 Å². The molecule has 0 unspecified atom stereocenters. The first-order valence-electron chi connectivity index (χ1n) is 10.1. The molecular weight excluding hydrogens is 406 g/mol. The lowest BCUT2D eigenvalue weighted by molar-refractivity contribution is -0.0949. The second-order valence-corrected chi connectivity index (χ2v) is 8.38. The quantitative estimate of drug-likeness (QED) is 0.591. The third-order valence-electron chi connectivity index (χ3n) is 5.91. The van der Waals surface area contributed by atoms with E-state index in [1.807, 2.05) is 13.0 Å². The molecule has 156 valence electrons. The maximum absolute atomic E-state index is 12.7. The lowest BCUT2D eigenvalue weighted by atomic mass is 9.86. The molecule has 0 saturated carbocycles. The summed E-state index contributed by atoms with van der Waals surface area (Å²) in [6, 6.07) is 5.15. The van der Waals surface area contributed by atoms with Crippen LogP contribution in [-0.4, -0.2) is 45.2 Å². The van der Waals surface area contributed by atoms with E-state index in [1.165, 1.54) is 11.1 Å². The van der Waals surface area contributed by atoms with Crippen molar-refractivity contribution in [2.45, 2.75) is 38.3 Å². The molecule has 2 aliphatic rings. The fraction of sp³-hybridized carbons (Fsp3) is 0.429. The van der Waals surface area contributed by atoms with Crippen molar-refractivity contribution in [2.75, 3.05) is 24.6 Å². The van der Waals surface area contributed by atoms with Gasteiger partial charge in [-0.15, -0.1) is 0 Å². The van der Waals surface area contributed by atoms with Gasteiger partial charge in [0.2, 0.25) is 0 Å². The maximum Gasteiger partial charge on any atom is 0.269 e. The van der Waals surface area contributed by atoms with Crippen molar-refractivity contribution in [1.82, 2.24) is 19.9 Å². The van der Waals surface area contributed by atoms with Crippen LogP contribution >= 0.6 is 11.6 Å². The van der Waals surface area contributed by atoms with E-state index < -0.39 is 0 Å². The van der Waals surface area contributed by atoms with Gasteiger partial charge in [0.05, 0.1) is 18.4 Å². The first-order valence-corrected chi connectivity index (χ1v) is 10.4. The minimum atomic E-state index is -0.168. The molecule has 8 nitrogen and oxygen atoms in total. The van der Waals surface area contributed by atoms with Crippen LogP contribution in [0.25, 0.3) is 11.3 Å². The number of ether oxygens (including phenoxy) is 1. The minimum absolute atomic E-state index is 0.0335. The van der Waals surface area contributed by atoms with Crippen LogP contribution in [0.1, 0.15) is 30.6 Å². The summed E-state index contributed by atoms with van der Waals surface area (Å²) in [7, 11) is 0. The molecule has 2 fully saturated rings. The lowest BCUT2D eigenvalue weighted by Gasteiger charge is -2.52. The Balaban J connectivity index is 1.35. The van der Waals surface area contributed by atoms with Crippen LogP contribution in [0.3, 0.4) is 0 Å². The van der Waals surface area contributed by atoms with Crippen molar-refractivity contribution in [3.63, 3.8) is 0 Å². The van der Waals surface area contributed by atoms with Gasteiger partial charge in [-0.2, -0.15) is 5.10 Å². The average Bonchev–Trinajstić information content (AvgIpc) is 3.09. The first kappa shape index (κ1) is 19.3. The highest BCUT2D eigenvalue weighted by atomic mass is 35.5. The van der Waals surface area contributed by atoms with Gasteiger partial charge in [0.25, 0.3) is 5.56 Å². The SMILES string of the molecule is Cc1onc(-c2ccc(Cl)nc2)c1Cn1ncc(N2CC3(CCCCO3)C2)cc1=O. The average molecular weight is 428 g/mol. The number of halogens is 1. The zero-order valence-electron chi connectivity index (χ0n) is 16.7. The molecule has 3 aromatic heterocycles. The van der Waals surface area contributed by atoms with Crippen molar-refractivity contribution in [3.05, 3.63) is 57.4 Å². The van der Waals surface area contributed by atoms with Gasteiger partial charge in [0.1, 0.15) is 22.2 Å².